The van der Waals surface area contributed by atoms with Crippen LogP contribution in [0.4, 0.5) is 0 Å². The first-order chi connectivity index (χ1) is 12.7. The van der Waals surface area contributed by atoms with Crippen molar-refractivity contribution in [3.8, 4) is 17.7 Å². The lowest BCUT2D eigenvalue weighted by Gasteiger charge is -2.25. The number of hydrogen-bond acceptors (Lipinski definition) is 7. The molecule has 0 aliphatic carbocycles. The predicted molar refractivity (Wildman–Crippen MR) is 97.7 cm³/mol. The molecule has 0 radical (unpaired) electrons. The Labute approximate surface area is 153 Å². The van der Waals surface area contributed by atoms with Gasteiger partial charge in [0.1, 0.15) is 17.9 Å². The number of ether oxygens (including phenoxy) is 2. The fourth-order valence-corrected chi connectivity index (χ4v) is 2.55. The van der Waals surface area contributed by atoms with Crippen molar-refractivity contribution in [1.82, 2.24) is 19.9 Å². The molecular weight excluding hydrogens is 330 g/mol. The molecule has 0 spiro atoms. The van der Waals surface area contributed by atoms with Crippen LogP contribution in [0.3, 0.4) is 0 Å². The highest BCUT2D eigenvalue weighted by molar-refractivity contribution is 5.49. The molecule has 0 aromatic carbocycles. The van der Waals surface area contributed by atoms with Crippen LogP contribution < -0.4 is 9.47 Å². The number of allylic oxidation sites excluding steroid dienone is 1. The molecule has 0 fully saturated rings. The SMILES string of the molecule is C=CCCC(CN(C)Cc1cnccn1)Oc1ccnc(OC)c1C#N. The van der Waals surface area contributed by atoms with Crippen LogP contribution in [-0.4, -0.2) is 46.7 Å². The van der Waals surface area contributed by atoms with E-state index in [1.807, 2.05) is 13.1 Å². The van der Waals surface area contributed by atoms with Crippen molar-refractivity contribution >= 4 is 0 Å². The van der Waals surface area contributed by atoms with Crippen LogP contribution in [0.5, 0.6) is 11.6 Å². The summed E-state index contributed by atoms with van der Waals surface area (Å²) in [6.45, 7) is 5.10. The van der Waals surface area contributed by atoms with Crippen molar-refractivity contribution in [3.05, 3.63) is 54.8 Å². The van der Waals surface area contributed by atoms with Crippen molar-refractivity contribution in [3.63, 3.8) is 0 Å². The van der Waals surface area contributed by atoms with E-state index in [1.54, 1.807) is 30.9 Å². The van der Waals surface area contributed by atoms with Gasteiger partial charge in [0.2, 0.25) is 5.88 Å². The zero-order chi connectivity index (χ0) is 18.8. The third kappa shape index (κ3) is 5.53. The Bertz CT molecular complexity index is 745. The molecule has 0 aliphatic rings. The summed E-state index contributed by atoms with van der Waals surface area (Å²) in [6.07, 6.45) is 9.99. The molecule has 7 heteroatoms. The number of likely N-dealkylation sites (N-methyl/N-ethyl adjacent to an activating group) is 1. The van der Waals surface area contributed by atoms with Gasteiger partial charge in [-0.25, -0.2) is 4.98 Å². The molecule has 0 N–H and O–H groups in total. The van der Waals surface area contributed by atoms with Gasteiger partial charge in [-0.1, -0.05) is 6.08 Å². The smallest absolute Gasteiger partial charge is 0.235 e. The second-order valence-corrected chi connectivity index (χ2v) is 5.80. The maximum Gasteiger partial charge on any atom is 0.235 e. The summed E-state index contributed by atoms with van der Waals surface area (Å²) < 4.78 is 11.3. The van der Waals surface area contributed by atoms with Crippen LogP contribution in [0.2, 0.25) is 0 Å². The highest BCUT2D eigenvalue weighted by Gasteiger charge is 2.18. The fraction of sp³-hybridized carbons (Fsp3) is 0.368. The molecular formula is C19H23N5O2. The molecule has 2 aromatic heterocycles. The first-order valence-electron chi connectivity index (χ1n) is 8.32. The van der Waals surface area contributed by atoms with Crippen molar-refractivity contribution in [2.45, 2.75) is 25.5 Å². The molecule has 2 heterocycles. The van der Waals surface area contributed by atoms with Crippen molar-refractivity contribution < 1.29 is 9.47 Å². The lowest BCUT2D eigenvalue weighted by molar-refractivity contribution is 0.135. The van der Waals surface area contributed by atoms with Gasteiger partial charge in [-0.15, -0.1) is 6.58 Å². The van der Waals surface area contributed by atoms with E-state index in [1.165, 1.54) is 7.11 Å². The molecule has 1 unspecified atom stereocenters. The summed E-state index contributed by atoms with van der Waals surface area (Å²) in [5.41, 5.74) is 1.19. The van der Waals surface area contributed by atoms with Gasteiger partial charge in [0.05, 0.1) is 12.8 Å². The van der Waals surface area contributed by atoms with E-state index in [4.69, 9.17) is 9.47 Å². The maximum absolute atomic E-state index is 9.40. The van der Waals surface area contributed by atoms with Gasteiger partial charge in [0.25, 0.3) is 0 Å². The Hall–Kier alpha value is -2.98. The van der Waals surface area contributed by atoms with Crippen LogP contribution >= 0.6 is 0 Å². The summed E-state index contributed by atoms with van der Waals surface area (Å²) in [5, 5.41) is 9.40. The molecule has 0 saturated heterocycles. The quantitative estimate of drug-likeness (QED) is 0.607. The van der Waals surface area contributed by atoms with Crippen molar-refractivity contribution in [1.29, 1.82) is 5.26 Å². The minimum Gasteiger partial charge on any atom is -0.487 e. The van der Waals surface area contributed by atoms with E-state index >= 15 is 0 Å². The second kappa shape index (κ2) is 10.1. The monoisotopic (exact) mass is 353 g/mol. The Morgan fingerprint density at radius 3 is 2.85 bits per heavy atom. The minimum atomic E-state index is -0.117. The van der Waals surface area contributed by atoms with Crippen LogP contribution in [-0.2, 0) is 6.54 Å². The normalized spacial score (nSPS) is 11.6. The van der Waals surface area contributed by atoms with Gasteiger partial charge in [0.15, 0.2) is 5.56 Å². The van der Waals surface area contributed by atoms with Crippen LogP contribution in [0.25, 0.3) is 0 Å². The number of nitriles is 1. The predicted octanol–water partition coefficient (Wildman–Crippen LogP) is 2.60. The summed E-state index contributed by atoms with van der Waals surface area (Å²) in [6, 6.07) is 3.79. The molecule has 136 valence electrons. The van der Waals surface area contributed by atoms with E-state index in [-0.39, 0.29) is 12.0 Å². The number of methoxy groups -OCH3 is 1. The largest absolute Gasteiger partial charge is 0.487 e. The van der Waals surface area contributed by atoms with Gasteiger partial charge in [-0.2, -0.15) is 5.26 Å². The van der Waals surface area contributed by atoms with E-state index in [0.717, 1.165) is 18.5 Å². The molecule has 0 aliphatic heterocycles. The Balaban J connectivity index is 2.10. The number of nitrogens with zero attached hydrogens (tertiary/aromatic N) is 5. The van der Waals surface area contributed by atoms with Crippen LogP contribution in [0.15, 0.2) is 43.5 Å². The maximum atomic E-state index is 9.40. The van der Waals surface area contributed by atoms with Gasteiger partial charge < -0.3 is 9.47 Å². The number of hydrogen-bond donors (Lipinski definition) is 0. The zero-order valence-corrected chi connectivity index (χ0v) is 15.1. The van der Waals surface area contributed by atoms with Gasteiger partial charge in [0, 0.05) is 43.9 Å². The minimum absolute atomic E-state index is 0.117. The highest BCUT2D eigenvalue weighted by Crippen LogP contribution is 2.26. The Morgan fingerprint density at radius 1 is 1.35 bits per heavy atom. The summed E-state index contributed by atoms with van der Waals surface area (Å²) in [4.78, 5) is 14.5. The molecule has 0 amide bonds. The first kappa shape index (κ1) is 19.3. The van der Waals surface area contributed by atoms with E-state index < -0.39 is 0 Å². The van der Waals surface area contributed by atoms with Crippen molar-refractivity contribution in [2.75, 3.05) is 20.7 Å². The van der Waals surface area contributed by atoms with Crippen LogP contribution in [0, 0.1) is 11.3 Å². The van der Waals surface area contributed by atoms with Gasteiger partial charge >= 0.3 is 0 Å². The third-order valence-electron chi connectivity index (χ3n) is 3.73. The van der Waals surface area contributed by atoms with Crippen molar-refractivity contribution in [2.24, 2.45) is 0 Å². The first-order valence-corrected chi connectivity index (χ1v) is 8.32. The topological polar surface area (TPSA) is 84.2 Å². The molecule has 0 bridgehead atoms. The molecule has 0 saturated carbocycles. The Kier molecular flexibility index (Phi) is 7.52. The zero-order valence-electron chi connectivity index (χ0n) is 15.1. The molecule has 2 aromatic rings. The Morgan fingerprint density at radius 2 is 2.19 bits per heavy atom. The number of aromatic nitrogens is 3. The standard InChI is InChI=1S/C19H23N5O2/c1-4-5-6-16(14-24(2)13-15-12-21-9-10-22-15)26-18-7-8-23-19(25-3)17(18)11-20/h4,7-10,12,16H,1,5-6,13-14H2,2-3H3. The van der Waals surface area contributed by atoms with Gasteiger partial charge in [-0.3, -0.25) is 14.9 Å². The van der Waals surface area contributed by atoms with E-state index in [2.05, 4.69) is 32.5 Å². The average Bonchev–Trinajstić information content (AvgIpc) is 2.66. The van der Waals surface area contributed by atoms with E-state index in [0.29, 0.717) is 24.4 Å². The van der Waals surface area contributed by atoms with E-state index in [9.17, 15) is 5.26 Å². The summed E-state index contributed by atoms with van der Waals surface area (Å²) >= 11 is 0. The molecule has 7 nitrogen and oxygen atoms in total. The third-order valence-corrected chi connectivity index (χ3v) is 3.73. The summed E-state index contributed by atoms with van der Waals surface area (Å²) in [5.74, 6) is 0.738. The summed E-state index contributed by atoms with van der Waals surface area (Å²) in [7, 11) is 3.48. The highest BCUT2D eigenvalue weighted by atomic mass is 16.5. The van der Waals surface area contributed by atoms with Crippen LogP contribution in [0.1, 0.15) is 24.1 Å². The number of pyridine rings is 1. The molecule has 1 atom stereocenters. The number of rotatable bonds is 10. The fourth-order valence-electron chi connectivity index (χ4n) is 2.55. The van der Waals surface area contributed by atoms with Gasteiger partial charge in [-0.05, 0) is 19.9 Å². The molecule has 2 rings (SSSR count). The lowest BCUT2D eigenvalue weighted by Crippen LogP contribution is -2.33. The lowest BCUT2D eigenvalue weighted by atomic mass is 10.1. The second-order valence-electron chi connectivity index (χ2n) is 5.80. The molecule has 26 heavy (non-hydrogen) atoms. The average molecular weight is 353 g/mol.